The number of amides is 2. The molecular weight excluding hydrogens is 218 g/mol. The molecule has 1 atom stereocenters. The summed E-state index contributed by atoms with van der Waals surface area (Å²) in [6.07, 6.45) is 3.55. The molecule has 1 rings (SSSR count). The average Bonchev–Trinajstić information content (AvgIpc) is 3.09. The Labute approximate surface area is 103 Å². The molecule has 1 unspecified atom stereocenters. The Morgan fingerprint density at radius 1 is 1.29 bits per heavy atom. The summed E-state index contributed by atoms with van der Waals surface area (Å²) in [7, 11) is 0. The molecule has 0 aromatic rings. The zero-order chi connectivity index (χ0) is 12.7. The fraction of sp³-hybridized carbons (Fsp3) is 0.833. The lowest BCUT2D eigenvalue weighted by Gasteiger charge is -2.11. The van der Waals surface area contributed by atoms with Crippen LogP contribution in [0.4, 0.5) is 0 Å². The maximum Gasteiger partial charge on any atom is 0.233 e. The Balaban J connectivity index is 1.97. The predicted molar refractivity (Wildman–Crippen MR) is 66.5 cm³/mol. The number of carbonyl (C=O) groups is 2. The van der Waals surface area contributed by atoms with Gasteiger partial charge < -0.3 is 16.0 Å². The molecule has 5 nitrogen and oxygen atoms in total. The van der Waals surface area contributed by atoms with Gasteiger partial charge in [0.05, 0.1) is 6.54 Å². The van der Waals surface area contributed by atoms with E-state index in [1.54, 1.807) is 0 Å². The zero-order valence-corrected chi connectivity index (χ0v) is 10.7. The van der Waals surface area contributed by atoms with Crippen LogP contribution in [0.3, 0.4) is 0 Å². The first-order chi connectivity index (χ1) is 8.11. The van der Waals surface area contributed by atoms with Crippen LogP contribution in [0.1, 0.15) is 39.5 Å². The van der Waals surface area contributed by atoms with Gasteiger partial charge in [-0.3, -0.25) is 9.59 Å². The van der Waals surface area contributed by atoms with Crippen LogP contribution in [0, 0.1) is 0 Å². The van der Waals surface area contributed by atoms with Crippen LogP contribution in [-0.2, 0) is 9.59 Å². The molecule has 17 heavy (non-hydrogen) atoms. The van der Waals surface area contributed by atoms with Crippen LogP contribution in [0.25, 0.3) is 0 Å². The van der Waals surface area contributed by atoms with Gasteiger partial charge in [-0.05, 0) is 26.2 Å². The van der Waals surface area contributed by atoms with E-state index in [1.807, 2.05) is 6.92 Å². The largest absolute Gasteiger partial charge is 0.354 e. The van der Waals surface area contributed by atoms with E-state index >= 15 is 0 Å². The van der Waals surface area contributed by atoms with E-state index in [-0.39, 0.29) is 11.8 Å². The van der Waals surface area contributed by atoms with Gasteiger partial charge in [-0.1, -0.05) is 6.92 Å². The highest BCUT2D eigenvalue weighted by Gasteiger charge is 2.22. The molecule has 0 aromatic heterocycles. The van der Waals surface area contributed by atoms with Gasteiger partial charge in [0.1, 0.15) is 0 Å². The van der Waals surface area contributed by atoms with Gasteiger partial charge in [0.25, 0.3) is 0 Å². The fourth-order valence-electron chi connectivity index (χ4n) is 1.32. The third-order valence-corrected chi connectivity index (χ3v) is 2.84. The first kappa shape index (κ1) is 14.0. The van der Waals surface area contributed by atoms with E-state index in [2.05, 4.69) is 22.9 Å². The summed E-state index contributed by atoms with van der Waals surface area (Å²) in [6.45, 7) is 4.84. The number of nitrogens with one attached hydrogen (secondary N) is 3. The lowest BCUT2D eigenvalue weighted by molar-refractivity contribution is -0.122. The molecule has 0 radical (unpaired) electrons. The molecule has 0 heterocycles. The monoisotopic (exact) mass is 241 g/mol. The van der Waals surface area contributed by atoms with Gasteiger partial charge in [0.2, 0.25) is 11.8 Å². The van der Waals surface area contributed by atoms with Crippen molar-refractivity contribution in [1.29, 1.82) is 0 Å². The molecule has 1 aliphatic carbocycles. The molecule has 1 saturated carbocycles. The van der Waals surface area contributed by atoms with Gasteiger partial charge in [0.15, 0.2) is 0 Å². The second-order valence-corrected chi connectivity index (χ2v) is 4.63. The molecule has 1 fully saturated rings. The van der Waals surface area contributed by atoms with Crippen molar-refractivity contribution in [2.45, 2.75) is 51.6 Å². The van der Waals surface area contributed by atoms with Gasteiger partial charge in [-0.25, -0.2) is 0 Å². The van der Waals surface area contributed by atoms with Gasteiger partial charge in [0, 0.05) is 25.0 Å². The smallest absolute Gasteiger partial charge is 0.233 e. The van der Waals surface area contributed by atoms with Crippen molar-refractivity contribution < 1.29 is 9.59 Å². The normalized spacial score (nSPS) is 16.4. The second kappa shape index (κ2) is 7.27. The molecule has 1 aliphatic rings. The molecule has 0 aromatic carbocycles. The van der Waals surface area contributed by atoms with Crippen LogP contribution in [0.5, 0.6) is 0 Å². The third-order valence-electron chi connectivity index (χ3n) is 2.84. The molecular formula is C12H23N3O2. The maximum absolute atomic E-state index is 11.4. The molecule has 98 valence electrons. The first-order valence-corrected chi connectivity index (χ1v) is 6.41. The van der Waals surface area contributed by atoms with Crippen LogP contribution in [-0.4, -0.2) is 37.0 Å². The Kier molecular flexibility index (Phi) is 5.97. The molecule has 3 N–H and O–H groups in total. The van der Waals surface area contributed by atoms with Crippen molar-refractivity contribution in [3.8, 4) is 0 Å². The van der Waals surface area contributed by atoms with Crippen molar-refractivity contribution in [2.75, 3.05) is 13.1 Å². The summed E-state index contributed by atoms with van der Waals surface area (Å²) < 4.78 is 0. The van der Waals surface area contributed by atoms with Crippen molar-refractivity contribution in [3.05, 3.63) is 0 Å². The quantitative estimate of drug-likeness (QED) is 0.567. The van der Waals surface area contributed by atoms with Gasteiger partial charge >= 0.3 is 0 Å². The average molecular weight is 241 g/mol. The van der Waals surface area contributed by atoms with Crippen molar-refractivity contribution >= 4 is 11.8 Å². The van der Waals surface area contributed by atoms with Crippen LogP contribution in [0.2, 0.25) is 0 Å². The highest BCUT2D eigenvalue weighted by Crippen LogP contribution is 2.18. The van der Waals surface area contributed by atoms with Crippen LogP contribution < -0.4 is 16.0 Å². The van der Waals surface area contributed by atoms with Crippen molar-refractivity contribution in [2.24, 2.45) is 0 Å². The number of rotatable bonds is 8. The molecule has 0 aliphatic heterocycles. The van der Waals surface area contributed by atoms with E-state index in [0.29, 0.717) is 31.6 Å². The van der Waals surface area contributed by atoms with E-state index in [0.717, 1.165) is 19.3 Å². The summed E-state index contributed by atoms with van der Waals surface area (Å²) >= 11 is 0. The second-order valence-electron chi connectivity index (χ2n) is 4.63. The van der Waals surface area contributed by atoms with Gasteiger partial charge in [-0.2, -0.15) is 0 Å². The minimum absolute atomic E-state index is 0.0303. The van der Waals surface area contributed by atoms with Crippen molar-refractivity contribution in [3.63, 3.8) is 0 Å². The minimum Gasteiger partial charge on any atom is -0.354 e. The van der Waals surface area contributed by atoms with E-state index in [4.69, 9.17) is 0 Å². The minimum atomic E-state index is -0.0514. The summed E-state index contributed by atoms with van der Waals surface area (Å²) in [5.74, 6) is -0.0211. The number of hydrogen-bond donors (Lipinski definition) is 3. The Hall–Kier alpha value is -1.10. The molecule has 2 amide bonds. The molecule has 0 saturated heterocycles. The van der Waals surface area contributed by atoms with Crippen molar-refractivity contribution in [1.82, 2.24) is 16.0 Å². The third kappa shape index (κ3) is 6.94. The van der Waals surface area contributed by atoms with E-state index in [1.165, 1.54) is 0 Å². The number of hydrogen-bond acceptors (Lipinski definition) is 3. The standard InChI is InChI=1S/C12H23N3O2/c1-3-9(2)14-8-12(17)13-7-6-11(16)15-10-4-5-10/h9-10,14H,3-8H2,1-2H3,(H,13,17)(H,15,16). The van der Waals surface area contributed by atoms with Gasteiger partial charge in [-0.15, -0.1) is 0 Å². The molecule has 0 spiro atoms. The highest BCUT2D eigenvalue weighted by molar-refractivity contribution is 5.80. The highest BCUT2D eigenvalue weighted by atomic mass is 16.2. The Morgan fingerprint density at radius 3 is 2.59 bits per heavy atom. The number of carbonyl (C=O) groups excluding carboxylic acids is 2. The summed E-state index contributed by atoms with van der Waals surface area (Å²) in [5, 5.41) is 8.71. The molecule has 0 bridgehead atoms. The molecule has 5 heteroatoms. The van der Waals surface area contributed by atoms with Crippen LogP contribution >= 0.6 is 0 Å². The fourth-order valence-corrected chi connectivity index (χ4v) is 1.32. The maximum atomic E-state index is 11.4. The lowest BCUT2D eigenvalue weighted by atomic mass is 10.2. The van der Waals surface area contributed by atoms with E-state index in [9.17, 15) is 9.59 Å². The summed E-state index contributed by atoms with van der Waals surface area (Å²) in [5.41, 5.74) is 0. The topological polar surface area (TPSA) is 70.2 Å². The summed E-state index contributed by atoms with van der Waals surface area (Å²) in [6, 6.07) is 0.740. The SMILES string of the molecule is CCC(C)NCC(=O)NCCC(=O)NC1CC1. The van der Waals surface area contributed by atoms with Crippen LogP contribution in [0.15, 0.2) is 0 Å². The Morgan fingerprint density at radius 2 is 2.00 bits per heavy atom. The Bertz CT molecular complexity index is 264. The summed E-state index contributed by atoms with van der Waals surface area (Å²) in [4.78, 5) is 22.7. The zero-order valence-electron chi connectivity index (χ0n) is 10.7. The predicted octanol–water partition coefficient (Wildman–Crippen LogP) is 0.159. The first-order valence-electron chi connectivity index (χ1n) is 6.41. The lowest BCUT2D eigenvalue weighted by Crippen LogP contribution is -2.39. The van der Waals surface area contributed by atoms with E-state index < -0.39 is 0 Å².